The quantitative estimate of drug-likeness (QED) is 0.570. The van der Waals surface area contributed by atoms with Crippen LogP contribution in [0.3, 0.4) is 0 Å². The molecule has 1 N–H and O–H groups in total. The number of halogens is 1. The second-order valence-corrected chi connectivity index (χ2v) is 6.66. The van der Waals surface area contributed by atoms with Crippen LogP contribution in [-0.2, 0) is 0 Å². The summed E-state index contributed by atoms with van der Waals surface area (Å²) in [6, 6.07) is 3.17. The molecule has 0 unspecified atom stereocenters. The molecular weight excluding hydrogens is 388 g/mol. The summed E-state index contributed by atoms with van der Waals surface area (Å²) in [6.45, 7) is 2.88. The van der Waals surface area contributed by atoms with Crippen molar-refractivity contribution in [3.05, 3.63) is 33.6 Å². The summed E-state index contributed by atoms with van der Waals surface area (Å²) in [5.41, 5.74) is 0.237. The molecule has 1 fully saturated rings. The van der Waals surface area contributed by atoms with Gasteiger partial charge in [-0.1, -0.05) is 11.6 Å². The highest BCUT2D eigenvalue weighted by molar-refractivity contribution is 6.32. The lowest BCUT2D eigenvalue weighted by atomic mass is 10.2. The molecule has 0 amide bonds. The minimum Gasteiger partial charge on any atom is -0.495 e. The van der Waals surface area contributed by atoms with Gasteiger partial charge in [-0.3, -0.25) is 10.1 Å². The number of rotatable bonds is 6. The molecule has 1 aliphatic heterocycles. The van der Waals surface area contributed by atoms with Crippen LogP contribution in [0.2, 0.25) is 5.02 Å². The van der Waals surface area contributed by atoms with Crippen molar-refractivity contribution in [1.82, 2.24) is 14.9 Å². The third-order valence-corrected chi connectivity index (χ3v) is 4.81. The van der Waals surface area contributed by atoms with Gasteiger partial charge in [-0.15, -0.1) is 0 Å². The summed E-state index contributed by atoms with van der Waals surface area (Å²) in [6.07, 6.45) is 1.31. The molecule has 0 bridgehead atoms. The fourth-order valence-electron chi connectivity index (χ4n) is 2.96. The van der Waals surface area contributed by atoms with Gasteiger partial charge in [-0.05, 0) is 13.1 Å². The van der Waals surface area contributed by atoms with E-state index in [1.807, 2.05) is 11.9 Å². The van der Waals surface area contributed by atoms with E-state index in [2.05, 4.69) is 20.2 Å². The molecule has 0 spiro atoms. The van der Waals surface area contributed by atoms with Crippen molar-refractivity contribution in [3.8, 4) is 11.5 Å². The smallest absolute Gasteiger partial charge is 0.353 e. The van der Waals surface area contributed by atoms with Crippen LogP contribution in [0.4, 0.5) is 23.0 Å². The highest BCUT2D eigenvalue weighted by atomic mass is 35.5. The van der Waals surface area contributed by atoms with Crippen LogP contribution >= 0.6 is 11.6 Å². The Kier molecular flexibility index (Phi) is 6.00. The largest absolute Gasteiger partial charge is 0.495 e. The molecule has 2 heterocycles. The maximum atomic E-state index is 11.8. The van der Waals surface area contributed by atoms with Gasteiger partial charge in [0.2, 0.25) is 11.6 Å². The third-order valence-electron chi connectivity index (χ3n) is 4.52. The second kappa shape index (κ2) is 8.44. The Morgan fingerprint density at radius 1 is 1.14 bits per heavy atom. The van der Waals surface area contributed by atoms with E-state index in [0.29, 0.717) is 35.3 Å². The first-order chi connectivity index (χ1) is 13.4. The summed E-state index contributed by atoms with van der Waals surface area (Å²) in [4.78, 5) is 23.7. The molecule has 0 aliphatic carbocycles. The van der Waals surface area contributed by atoms with Gasteiger partial charge in [0.15, 0.2) is 0 Å². The van der Waals surface area contributed by atoms with E-state index < -0.39 is 4.92 Å². The van der Waals surface area contributed by atoms with Crippen LogP contribution in [-0.4, -0.2) is 67.2 Å². The van der Waals surface area contributed by atoms with Crippen LogP contribution in [0.1, 0.15) is 0 Å². The number of benzene rings is 1. The molecule has 1 aliphatic rings. The maximum Gasteiger partial charge on any atom is 0.353 e. The Bertz CT molecular complexity index is 873. The summed E-state index contributed by atoms with van der Waals surface area (Å²) < 4.78 is 10.5. The Labute approximate surface area is 167 Å². The Morgan fingerprint density at radius 2 is 1.82 bits per heavy atom. The van der Waals surface area contributed by atoms with Crippen LogP contribution in [0.25, 0.3) is 0 Å². The lowest BCUT2D eigenvalue weighted by Gasteiger charge is -2.32. The fraction of sp³-hybridized carbons (Fsp3) is 0.412. The third kappa shape index (κ3) is 4.02. The lowest BCUT2D eigenvalue weighted by Crippen LogP contribution is -2.45. The molecular formula is C17H21ClN6O4. The van der Waals surface area contributed by atoms with E-state index in [0.717, 1.165) is 13.1 Å². The zero-order valence-electron chi connectivity index (χ0n) is 15.8. The monoisotopic (exact) mass is 408 g/mol. The molecule has 0 radical (unpaired) electrons. The molecule has 1 aromatic carbocycles. The normalized spacial score (nSPS) is 14.6. The first-order valence-electron chi connectivity index (χ1n) is 8.56. The molecule has 10 nitrogen and oxygen atoms in total. The summed E-state index contributed by atoms with van der Waals surface area (Å²) in [5, 5.41) is 15.1. The Balaban J connectivity index is 2.00. The average molecular weight is 409 g/mol. The van der Waals surface area contributed by atoms with Crippen molar-refractivity contribution in [1.29, 1.82) is 0 Å². The Hall–Kier alpha value is -2.85. The number of likely N-dealkylation sites (N-methyl/N-ethyl adjacent to an activating group) is 1. The predicted molar refractivity (Wildman–Crippen MR) is 106 cm³/mol. The number of ether oxygens (including phenoxy) is 2. The van der Waals surface area contributed by atoms with Crippen molar-refractivity contribution < 1.29 is 14.4 Å². The highest BCUT2D eigenvalue weighted by Gasteiger charge is 2.29. The van der Waals surface area contributed by atoms with Crippen LogP contribution in [0.15, 0.2) is 18.5 Å². The van der Waals surface area contributed by atoms with Crippen LogP contribution in [0.5, 0.6) is 11.5 Å². The fourth-order valence-corrected chi connectivity index (χ4v) is 3.20. The second-order valence-electron chi connectivity index (χ2n) is 6.25. The average Bonchev–Trinajstić information content (AvgIpc) is 2.68. The molecule has 150 valence electrons. The number of hydrogen-bond donors (Lipinski definition) is 1. The first kappa shape index (κ1) is 19.9. The van der Waals surface area contributed by atoms with Gasteiger partial charge >= 0.3 is 5.69 Å². The summed E-state index contributed by atoms with van der Waals surface area (Å²) in [7, 11) is 4.99. The standard InChI is InChI=1S/C17H21ClN6O4/c1-22-4-6-23(7-5-22)17-15(24(25)26)16(19-10-20-17)21-12-8-11(18)13(27-2)9-14(12)28-3/h8-10H,4-7H2,1-3H3,(H,19,20,21). The van der Waals surface area contributed by atoms with E-state index >= 15 is 0 Å². The number of nitrogens with one attached hydrogen (secondary N) is 1. The van der Waals surface area contributed by atoms with Crippen molar-refractivity contribution in [2.45, 2.75) is 0 Å². The summed E-state index contributed by atoms with van der Waals surface area (Å²) in [5.74, 6) is 1.19. The van der Waals surface area contributed by atoms with Gasteiger partial charge in [0.25, 0.3) is 0 Å². The van der Waals surface area contributed by atoms with Gasteiger partial charge in [-0.2, -0.15) is 0 Å². The molecule has 2 aromatic rings. The molecule has 28 heavy (non-hydrogen) atoms. The van der Waals surface area contributed by atoms with Crippen LogP contribution in [0, 0.1) is 10.1 Å². The minimum atomic E-state index is -0.479. The molecule has 3 rings (SSSR count). The highest BCUT2D eigenvalue weighted by Crippen LogP contribution is 2.40. The predicted octanol–water partition coefficient (Wildman–Crippen LogP) is 2.55. The number of methoxy groups -OCH3 is 2. The number of nitrogens with zero attached hydrogens (tertiary/aromatic N) is 5. The van der Waals surface area contributed by atoms with E-state index in [9.17, 15) is 10.1 Å². The molecule has 11 heteroatoms. The molecule has 1 saturated heterocycles. The Morgan fingerprint density at radius 3 is 2.43 bits per heavy atom. The zero-order valence-corrected chi connectivity index (χ0v) is 16.6. The van der Waals surface area contributed by atoms with E-state index in [4.69, 9.17) is 21.1 Å². The number of nitro groups is 1. The van der Waals surface area contributed by atoms with Crippen molar-refractivity contribution >= 4 is 34.6 Å². The van der Waals surface area contributed by atoms with E-state index in [-0.39, 0.29) is 17.3 Å². The van der Waals surface area contributed by atoms with Gasteiger partial charge in [0, 0.05) is 32.2 Å². The van der Waals surface area contributed by atoms with E-state index in [1.165, 1.54) is 20.5 Å². The first-order valence-corrected chi connectivity index (χ1v) is 8.93. The van der Waals surface area contributed by atoms with Gasteiger partial charge in [-0.25, -0.2) is 9.97 Å². The zero-order chi connectivity index (χ0) is 20.3. The lowest BCUT2D eigenvalue weighted by molar-refractivity contribution is -0.383. The summed E-state index contributed by atoms with van der Waals surface area (Å²) >= 11 is 6.19. The molecule has 1 aromatic heterocycles. The maximum absolute atomic E-state index is 11.8. The van der Waals surface area contributed by atoms with Crippen molar-refractivity contribution in [2.24, 2.45) is 0 Å². The number of piperazine rings is 1. The molecule has 0 saturated carbocycles. The number of aromatic nitrogens is 2. The SMILES string of the molecule is COc1cc(OC)c(Nc2ncnc(N3CCN(C)CC3)c2[N+](=O)[O-])cc1Cl. The minimum absolute atomic E-state index is 0.0634. The van der Waals surface area contributed by atoms with Gasteiger partial charge in [0.1, 0.15) is 17.8 Å². The number of anilines is 3. The van der Waals surface area contributed by atoms with Gasteiger partial charge < -0.3 is 24.6 Å². The number of hydrogen-bond acceptors (Lipinski definition) is 9. The van der Waals surface area contributed by atoms with Crippen molar-refractivity contribution in [3.63, 3.8) is 0 Å². The molecule has 0 atom stereocenters. The van der Waals surface area contributed by atoms with Crippen molar-refractivity contribution in [2.75, 3.05) is 57.7 Å². The van der Waals surface area contributed by atoms with Crippen LogP contribution < -0.4 is 19.7 Å². The topological polar surface area (TPSA) is 106 Å². The van der Waals surface area contributed by atoms with Gasteiger partial charge in [0.05, 0.1) is 29.9 Å². The van der Waals surface area contributed by atoms with E-state index in [1.54, 1.807) is 12.1 Å².